The molecule has 0 amide bonds. The van der Waals surface area contributed by atoms with Crippen LogP contribution in [-0.2, 0) is 0 Å². The molecule has 0 radical (unpaired) electrons. The van der Waals surface area contributed by atoms with E-state index in [2.05, 4.69) is 13.8 Å². The van der Waals surface area contributed by atoms with Gasteiger partial charge in [-0.25, -0.2) is 0 Å². The molecule has 2 aliphatic carbocycles. The highest BCUT2D eigenvalue weighted by molar-refractivity contribution is 4.94. The van der Waals surface area contributed by atoms with Gasteiger partial charge in [0.25, 0.3) is 0 Å². The van der Waals surface area contributed by atoms with Crippen LogP contribution < -0.4 is 0 Å². The van der Waals surface area contributed by atoms with E-state index in [-0.39, 0.29) is 0 Å². The highest BCUT2D eigenvalue weighted by Gasteiger charge is 2.45. The first-order valence-corrected chi connectivity index (χ1v) is 4.80. The molecule has 0 heteroatoms. The van der Waals surface area contributed by atoms with Gasteiger partial charge in [-0.05, 0) is 36.5 Å². The zero-order valence-corrected chi connectivity index (χ0v) is 7.14. The summed E-state index contributed by atoms with van der Waals surface area (Å²) in [6.45, 7) is 4.88. The van der Waals surface area contributed by atoms with E-state index in [4.69, 9.17) is 0 Å². The van der Waals surface area contributed by atoms with Crippen molar-refractivity contribution in [3.05, 3.63) is 0 Å². The molecule has 2 unspecified atom stereocenters. The molecule has 10 heavy (non-hydrogen) atoms. The Hall–Kier alpha value is 0. The second kappa shape index (κ2) is 2.25. The number of fused-ring (bicyclic) bond motifs is 1. The van der Waals surface area contributed by atoms with Crippen molar-refractivity contribution in [2.24, 2.45) is 23.7 Å². The van der Waals surface area contributed by atoms with Gasteiger partial charge >= 0.3 is 0 Å². The zero-order chi connectivity index (χ0) is 7.14. The van der Waals surface area contributed by atoms with Gasteiger partial charge in [0.1, 0.15) is 0 Å². The summed E-state index contributed by atoms with van der Waals surface area (Å²) in [7, 11) is 0. The average Bonchev–Trinajstić information content (AvgIpc) is 2.03. The van der Waals surface area contributed by atoms with Crippen LogP contribution in [0.25, 0.3) is 0 Å². The summed E-state index contributed by atoms with van der Waals surface area (Å²) in [4.78, 5) is 0. The lowest BCUT2D eigenvalue weighted by Crippen LogP contribution is -2.45. The molecule has 0 aromatic carbocycles. The molecule has 2 fully saturated rings. The molecule has 2 aliphatic rings. The molecular formula is C10H18. The largest absolute Gasteiger partial charge is 0.0620 e. The topological polar surface area (TPSA) is 0 Å². The quantitative estimate of drug-likeness (QED) is 0.482. The SMILES string of the molecule is C[C@@H]1C2CCCCC2[C@@H]1C. The third-order valence-electron chi connectivity index (χ3n) is 4.05. The van der Waals surface area contributed by atoms with Gasteiger partial charge < -0.3 is 0 Å². The van der Waals surface area contributed by atoms with Gasteiger partial charge in [0.05, 0.1) is 0 Å². The Morgan fingerprint density at radius 1 is 0.800 bits per heavy atom. The van der Waals surface area contributed by atoms with Crippen molar-refractivity contribution in [1.29, 1.82) is 0 Å². The Bertz CT molecular complexity index is 112. The Kier molecular flexibility index (Phi) is 1.51. The molecule has 0 aliphatic heterocycles. The third-order valence-corrected chi connectivity index (χ3v) is 4.05. The van der Waals surface area contributed by atoms with Gasteiger partial charge in [-0.15, -0.1) is 0 Å². The Morgan fingerprint density at radius 2 is 1.20 bits per heavy atom. The zero-order valence-electron chi connectivity index (χ0n) is 7.14. The predicted octanol–water partition coefficient (Wildman–Crippen LogP) is 3.08. The standard InChI is InChI=1S/C10H18/c1-7-8(2)10-6-4-3-5-9(7)10/h7-10H,3-6H2,1-2H3/t7-,8+,9?,10?. The number of rotatable bonds is 0. The Balaban J connectivity index is 2.00. The summed E-state index contributed by atoms with van der Waals surface area (Å²) < 4.78 is 0. The molecule has 0 aromatic heterocycles. The minimum atomic E-state index is 1.05. The van der Waals surface area contributed by atoms with Gasteiger partial charge in [-0.3, -0.25) is 0 Å². The molecule has 0 saturated heterocycles. The van der Waals surface area contributed by atoms with Gasteiger partial charge in [-0.1, -0.05) is 26.7 Å². The summed E-state index contributed by atoms with van der Waals surface area (Å²) in [5.74, 6) is 4.35. The normalized spacial score (nSPS) is 53.4. The van der Waals surface area contributed by atoms with Crippen LogP contribution in [0.5, 0.6) is 0 Å². The summed E-state index contributed by atoms with van der Waals surface area (Å²) in [6.07, 6.45) is 6.10. The van der Waals surface area contributed by atoms with Crippen molar-refractivity contribution in [2.75, 3.05) is 0 Å². The van der Waals surface area contributed by atoms with Crippen molar-refractivity contribution < 1.29 is 0 Å². The molecule has 0 spiro atoms. The molecule has 2 saturated carbocycles. The van der Waals surface area contributed by atoms with Crippen LogP contribution in [0.1, 0.15) is 39.5 Å². The van der Waals surface area contributed by atoms with E-state index in [0.29, 0.717) is 0 Å². The van der Waals surface area contributed by atoms with Crippen LogP contribution in [-0.4, -0.2) is 0 Å². The van der Waals surface area contributed by atoms with Gasteiger partial charge in [0, 0.05) is 0 Å². The van der Waals surface area contributed by atoms with E-state index in [1.165, 1.54) is 25.7 Å². The Labute approximate surface area is 64.0 Å². The number of hydrogen-bond acceptors (Lipinski definition) is 0. The lowest BCUT2D eigenvalue weighted by Gasteiger charge is -2.52. The molecule has 58 valence electrons. The monoisotopic (exact) mass is 138 g/mol. The fourth-order valence-corrected chi connectivity index (χ4v) is 3.13. The van der Waals surface area contributed by atoms with Crippen molar-refractivity contribution in [3.63, 3.8) is 0 Å². The van der Waals surface area contributed by atoms with E-state index in [9.17, 15) is 0 Å². The molecule has 0 heterocycles. The fourth-order valence-electron chi connectivity index (χ4n) is 3.13. The van der Waals surface area contributed by atoms with Gasteiger partial charge in [-0.2, -0.15) is 0 Å². The molecule has 0 aromatic rings. The van der Waals surface area contributed by atoms with Crippen molar-refractivity contribution in [1.82, 2.24) is 0 Å². The molecule has 2 rings (SSSR count). The lowest BCUT2D eigenvalue weighted by molar-refractivity contribution is -0.0305. The van der Waals surface area contributed by atoms with Crippen LogP contribution >= 0.6 is 0 Å². The predicted molar refractivity (Wildman–Crippen MR) is 43.8 cm³/mol. The van der Waals surface area contributed by atoms with Crippen LogP contribution in [0.4, 0.5) is 0 Å². The van der Waals surface area contributed by atoms with E-state index in [1.54, 1.807) is 0 Å². The molecule has 0 nitrogen and oxygen atoms in total. The first kappa shape index (κ1) is 6.69. The average molecular weight is 138 g/mol. The lowest BCUT2D eigenvalue weighted by atomic mass is 9.53. The smallest absolute Gasteiger partial charge is 0.0355 e. The molecular weight excluding hydrogens is 120 g/mol. The van der Waals surface area contributed by atoms with Crippen molar-refractivity contribution >= 4 is 0 Å². The summed E-state index contributed by atoms with van der Waals surface area (Å²) in [6, 6.07) is 0. The van der Waals surface area contributed by atoms with E-state index >= 15 is 0 Å². The highest BCUT2D eigenvalue weighted by Crippen LogP contribution is 2.52. The molecule has 0 N–H and O–H groups in total. The second-order valence-electron chi connectivity index (χ2n) is 4.33. The number of hydrogen-bond donors (Lipinski definition) is 0. The van der Waals surface area contributed by atoms with Gasteiger partial charge in [0.2, 0.25) is 0 Å². The van der Waals surface area contributed by atoms with Crippen molar-refractivity contribution in [3.8, 4) is 0 Å². The van der Waals surface area contributed by atoms with Gasteiger partial charge in [0.15, 0.2) is 0 Å². The minimum absolute atomic E-state index is 1.05. The highest BCUT2D eigenvalue weighted by atomic mass is 14.5. The van der Waals surface area contributed by atoms with Crippen LogP contribution in [0, 0.1) is 23.7 Å². The maximum Gasteiger partial charge on any atom is -0.0355 e. The third kappa shape index (κ3) is 0.741. The maximum absolute atomic E-state index is 2.44. The van der Waals surface area contributed by atoms with Crippen LogP contribution in [0.3, 0.4) is 0 Å². The van der Waals surface area contributed by atoms with Crippen LogP contribution in [0.15, 0.2) is 0 Å². The van der Waals surface area contributed by atoms with E-state index < -0.39 is 0 Å². The molecule has 4 atom stereocenters. The Morgan fingerprint density at radius 3 is 1.60 bits per heavy atom. The molecule has 0 bridgehead atoms. The second-order valence-corrected chi connectivity index (χ2v) is 4.33. The van der Waals surface area contributed by atoms with Crippen molar-refractivity contribution in [2.45, 2.75) is 39.5 Å². The van der Waals surface area contributed by atoms with Crippen LogP contribution in [0.2, 0.25) is 0 Å². The minimum Gasteiger partial charge on any atom is -0.0620 e. The summed E-state index contributed by atoms with van der Waals surface area (Å²) >= 11 is 0. The van der Waals surface area contributed by atoms with E-state index in [1.807, 2.05) is 0 Å². The first-order chi connectivity index (χ1) is 4.80. The fraction of sp³-hybridized carbons (Fsp3) is 1.00. The van der Waals surface area contributed by atoms with E-state index in [0.717, 1.165) is 23.7 Å². The first-order valence-electron chi connectivity index (χ1n) is 4.80. The summed E-state index contributed by atoms with van der Waals surface area (Å²) in [5, 5.41) is 0. The maximum atomic E-state index is 2.44. The summed E-state index contributed by atoms with van der Waals surface area (Å²) in [5.41, 5.74) is 0.